The molecule has 5 nitrogen and oxygen atoms in total. The summed E-state index contributed by atoms with van der Waals surface area (Å²) in [5.41, 5.74) is 1.27. The van der Waals surface area contributed by atoms with Gasteiger partial charge < -0.3 is 5.32 Å². The zero-order valence-corrected chi connectivity index (χ0v) is 19.4. The SMILES string of the molecule is O=C(NCCCc1cccc2ccccc12)C1CCCN(S(=O)(=O)c2ccc(Cl)cc2)C1. The number of nitrogens with one attached hydrogen (secondary N) is 1. The molecular formula is C25H27ClN2O3S. The van der Waals surface area contributed by atoms with Gasteiger partial charge in [-0.2, -0.15) is 4.31 Å². The molecule has 7 heteroatoms. The number of rotatable bonds is 7. The maximum absolute atomic E-state index is 12.9. The molecule has 32 heavy (non-hydrogen) atoms. The van der Waals surface area contributed by atoms with E-state index in [1.807, 2.05) is 12.1 Å². The number of carbonyl (C=O) groups excluding carboxylic acids is 1. The Morgan fingerprint density at radius 3 is 2.59 bits per heavy atom. The number of carbonyl (C=O) groups is 1. The van der Waals surface area contributed by atoms with Gasteiger partial charge in [-0.05, 0) is 66.3 Å². The number of sulfonamides is 1. The highest BCUT2D eigenvalue weighted by atomic mass is 35.5. The maximum Gasteiger partial charge on any atom is 0.243 e. The number of piperidine rings is 1. The van der Waals surface area contributed by atoms with E-state index in [9.17, 15) is 13.2 Å². The quantitative estimate of drug-likeness (QED) is 0.511. The van der Waals surface area contributed by atoms with Crippen molar-refractivity contribution in [2.24, 2.45) is 5.92 Å². The van der Waals surface area contributed by atoms with Crippen LogP contribution in [0.1, 0.15) is 24.8 Å². The number of benzene rings is 3. The smallest absolute Gasteiger partial charge is 0.243 e. The van der Waals surface area contributed by atoms with E-state index in [0.717, 1.165) is 12.8 Å². The zero-order valence-electron chi connectivity index (χ0n) is 17.8. The molecule has 1 amide bonds. The number of nitrogens with zero attached hydrogens (tertiary/aromatic N) is 1. The van der Waals surface area contributed by atoms with Crippen molar-refractivity contribution in [3.63, 3.8) is 0 Å². The number of hydrogen-bond donors (Lipinski definition) is 1. The summed E-state index contributed by atoms with van der Waals surface area (Å²) in [6.07, 6.45) is 3.07. The summed E-state index contributed by atoms with van der Waals surface area (Å²) in [4.78, 5) is 12.9. The standard InChI is InChI=1S/C25H27ClN2O3S/c26-22-12-14-23(15-13-22)32(30,31)28-17-5-10-21(18-28)25(29)27-16-4-9-20-8-3-7-19-6-1-2-11-24(19)20/h1-3,6-8,11-15,21H,4-5,9-10,16-18H2,(H,27,29). The van der Waals surface area contributed by atoms with Crippen LogP contribution in [0.3, 0.4) is 0 Å². The summed E-state index contributed by atoms with van der Waals surface area (Å²) in [5.74, 6) is -0.401. The predicted octanol–water partition coefficient (Wildman–Crippen LogP) is 4.64. The van der Waals surface area contributed by atoms with Gasteiger partial charge in [0.2, 0.25) is 15.9 Å². The van der Waals surface area contributed by atoms with Crippen LogP contribution >= 0.6 is 11.6 Å². The first-order chi connectivity index (χ1) is 15.4. The van der Waals surface area contributed by atoms with Crippen LogP contribution in [0.4, 0.5) is 0 Å². The van der Waals surface area contributed by atoms with E-state index in [1.54, 1.807) is 12.1 Å². The number of hydrogen-bond acceptors (Lipinski definition) is 3. The van der Waals surface area contributed by atoms with Crippen molar-refractivity contribution < 1.29 is 13.2 Å². The molecule has 0 aliphatic carbocycles. The van der Waals surface area contributed by atoms with Gasteiger partial charge in [0, 0.05) is 24.7 Å². The zero-order chi connectivity index (χ0) is 22.6. The van der Waals surface area contributed by atoms with Crippen molar-refractivity contribution in [3.8, 4) is 0 Å². The molecule has 168 valence electrons. The molecule has 3 aromatic carbocycles. The first-order valence-electron chi connectivity index (χ1n) is 11.0. The maximum atomic E-state index is 12.9. The second-order valence-corrected chi connectivity index (χ2v) is 10.6. The number of amides is 1. The first kappa shape index (κ1) is 22.8. The third kappa shape index (κ3) is 5.14. The molecule has 1 aliphatic heterocycles. The van der Waals surface area contributed by atoms with Crippen molar-refractivity contribution in [1.29, 1.82) is 0 Å². The van der Waals surface area contributed by atoms with Gasteiger partial charge >= 0.3 is 0 Å². The molecule has 1 aliphatic rings. The fourth-order valence-electron chi connectivity index (χ4n) is 4.28. The van der Waals surface area contributed by atoms with Gasteiger partial charge in [0.1, 0.15) is 0 Å². The summed E-state index contributed by atoms with van der Waals surface area (Å²) in [7, 11) is -3.63. The van der Waals surface area contributed by atoms with E-state index in [2.05, 4.69) is 35.6 Å². The van der Waals surface area contributed by atoms with Crippen LogP contribution in [0.25, 0.3) is 10.8 Å². The van der Waals surface area contributed by atoms with E-state index in [4.69, 9.17) is 11.6 Å². The van der Waals surface area contributed by atoms with Gasteiger partial charge in [0.25, 0.3) is 0 Å². The Morgan fingerprint density at radius 1 is 1.03 bits per heavy atom. The molecule has 0 saturated carbocycles. The van der Waals surface area contributed by atoms with Crippen molar-refractivity contribution in [2.45, 2.75) is 30.6 Å². The van der Waals surface area contributed by atoms with Crippen LogP contribution in [-0.4, -0.2) is 38.3 Å². The van der Waals surface area contributed by atoms with Crippen molar-refractivity contribution in [3.05, 3.63) is 77.3 Å². The highest BCUT2D eigenvalue weighted by molar-refractivity contribution is 7.89. The lowest BCUT2D eigenvalue weighted by Gasteiger charge is -2.31. The average Bonchev–Trinajstić information content (AvgIpc) is 2.82. The summed E-state index contributed by atoms with van der Waals surface area (Å²) in [5, 5.41) is 5.97. The van der Waals surface area contributed by atoms with Crippen LogP contribution in [0.2, 0.25) is 5.02 Å². The molecule has 3 aromatic rings. The second kappa shape index (κ2) is 10.0. The molecule has 0 aromatic heterocycles. The number of fused-ring (bicyclic) bond motifs is 1. The average molecular weight is 471 g/mol. The van der Waals surface area contributed by atoms with Gasteiger partial charge in [-0.25, -0.2) is 8.42 Å². The highest BCUT2D eigenvalue weighted by Gasteiger charge is 2.33. The lowest BCUT2D eigenvalue weighted by atomic mass is 9.98. The molecule has 0 radical (unpaired) electrons. The first-order valence-corrected chi connectivity index (χ1v) is 12.8. The molecule has 1 atom stereocenters. The number of aryl methyl sites for hydroxylation is 1. The Kier molecular flexibility index (Phi) is 7.13. The lowest BCUT2D eigenvalue weighted by Crippen LogP contribution is -2.45. The minimum Gasteiger partial charge on any atom is -0.356 e. The normalized spacial score (nSPS) is 17.3. The molecule has 1 N–H and O–H groups in total. The summed E-state index contributed by atoms with van der Waals surface area (Å²) in [6.45, 7) is 1.21. The fourth-order valence-corrected chi connectivity index (χ4v) is 5.93. The van der Waals surface area contributed by atoms with Gasteiger partial charge in [0.15, 0.2) is 0 Å². The van der Waals surface area contributed by atoms with Gasteiger partial charge in [-0.15, -0.1) is 0 Å². The van der Waals surface area contributed by atoms with E-state index < -0.39 is 10.0 Å². The van der Waals surface area contributed by atoms with E-state index in [0.29, 0.717) is 31.0 Å². The topological polar surface area (TPSA) is 66.5 Å². The minimum atomic E-state index is -3.63. The Bertz CT molecular complexity index is 1190. The highest BCUT2D eigenvalue weighted by Crippen LogP contribution is 2.25. The van der Waals surface area contributed by atoms with Crippen LogP contribution in [0, 0.1) is 5.92 Å². The van der Waals surface area contributed by atoms with E-state index in [-0.39, 0.29) is 23.3 Å². The largest absolute Gasteiger partial charge is 0.356 e. The summed E-state index contributed by atoms with van der Waals surface area (Å²) < 4.78 is 27.3. The predicted molar refractivity (Wildman–Crippen MR) is 128 cm³/mol. The monoisotopic (exact) mass is 470 g/mol. The third-order valence-corrected chi connectivity index (χ3v) is 8.14. The van der Waals surface area contributed by atoms with Crippen LogP contribution in [0.5, 0.6) is 0 Å². The van der Waals surface area contributed by atoms with Crippen LogP contribution in [0.15, 0.2) is 71.6 Å². The Morgan fingerprint density at radius 2 is 1.78 bits per heavy atom. The Labute approximate surface area is 194 Å². The molecule has 1 fully saturated rings. The lowest BCUT2D eigenvalue weighted by molar-refractivity contribution is -0.126. The van der Waals surface area contributed by atoms with Gasteiger partial charge in [0.05, 0.1) is 10.8 Å². The summed E-state index contributed by atoms with van der Waals surface area (Å²) >= 11 is 5.88. The molecular weight excluding hydrogens is 444 g/mol. The molecule has 0 spiro atoms. The third-order valence-electron chi connectivity index (χ3n) is 6.01. The molecule has 1 saturated heterocycles. The minimum absolute atomic E-state index is 0.0704. The number of halogens is 1. The van der Waals surface area contributed by atoms with Crippen LogP contribution in [-0.2, 0) is 21.2 Å². The van der Waals surface area contributed by atoms with Crippen molar-refractivity contribution in [1.82, 2.24) is 9.62 Å². The molecule has 0 bridgehead atoms. The summed E-state index contributed by atoms with van der Waals surface area (Å²) in [6, 6.07) is 20.8. The Hall–Kier alpha value is -2.41. The second-order valence-electron chi connectivity index (χ2n) is 8.19. The fraction of sp³-hybridized carbons (Fsp3) is 0.320. The van der Waals surface area contributed by atoms with Gasteiger partial charge in [-0.1, -0.05) is 54.1 Å². The van der Waals surface area contributed by atoms with Crippen molar-refractivity contribution in [2.75, 3.05) is 19.6 Å². The van der Waals surface area contributed by atoms with Crippen LogP contribution < -0.4 is 5.32 Å². The Balaban J connectivity index is 1.31. The van der Waals surface area contributed by atoms with E-state index in [1.165, 1.54) is 32.8 Å². The molecule has 1 unspecified atom stereocenters. The van der Waals surface area contributed by atoms with Crippen molar-refractivity contribution >= 4 is 38.3 Å². The van der Waals surface area contributed by atoms with Gasteiger partial charge in [-0.3, -0.25) is 4.79 Å². The molecule has 4 rings (SSSR count). The molecule has 1 heterocycles. The van der Waals surface area contributed by atoms with E-state index >= 15 is 0 Å².